The lowest BCUT2D eigenvalue weighted by Crippen LogP contribution is -2.42. The fraction of sp³-hybridized carbons (Fsp3) is 0.429. The van der Waals surface area contributed by atoms with Crippen LogP contribution in [0.15, 0.2) is 39.8 Å². The van der Waals surface area contributed by atoms with Crippen molar-refractivity contribution >= 4 is 45.4 Å². The average Bonchev–Trinajstić information content (AvgIpc) is 2.89. The van der Waals surface area contributed by atoms with Crippen molar-refractivity contribution in [3.8, 4) is 11.5 Å². The number of carbonyl (C=O) groups is 3. The van der Waals surface area contributed by atoms with Crippen LogP contribution in [0.1, 0.15) is 61.6 Å². The summed E-state index contributed by atoms with van der Waals surface area (Å²) in [6.45, 7) is 8.03. The first-order chi connectivity index (χ1) is 19.3. The minimum Gasteiger partial charge on any atom is -0.508 e. The molecule has 1 aliphatic rings. The zero-order valence-corrected chi connectivity index (χ0v) is 25.0. The molecule has 222 valence electrons. The first kappa shape index (κ1) is 31.7. The predicted octanol–water partition coefficient (Wildman–Crippen LogP) is 2.43. The van der Waals surface area contributed by atoms with Crippen molar-refractivity contribution in [2.24, 2.45) is 4.99 Å². The maximum atomic E-state index is 13.4. The van der Waals surface area contributed by atoms with Gasteiger partial charge in [-0.05, 0) is 36.6 Å². The Morgan fingerprint density at radius 2 is 1.90 bits per heavy atom. The van der Waals surface area contributed by atoms with Crippen LogP contribution in [-0.2, 0) is 19.7 Å². The molecule has 2 amide bonds. The van der Waals surface area contributed by atoms with Crippen LogP contribution in [0.3, 0.4) is 0 Å². The standard InChI is InChI=1S/C28H36BrN5O7/c1-5-41-22(37)6-7-30-26(40)23(20-10-16(29)11-21(24(20)38)28(2,3)4)34-25(39)15-8-17(12-18(35)9-15)33-27-31-13-19(36)14-32-27/h8-12,19,23,35-36,38H,5-7,13-14H2,1-4H3,(H,30,40)(H,34,39)(H2,31,32,33)/t23-/m0/s1. The molecule has 12 nitrogen and oxygen atoms in total. The number of carbonyl (C=O) groups excluding carboxylic acids is 3. The van der Waals surface area contributed by atoms with Crippen molar-refractivity contribution in [3.05, 3.63) is 51.5 Å². The van der Waals surface area contributed by atoms with E-state index >= 15 is 0 Å². The number of aromatic hydroxyl groups is 2. The number of aliphatic imine (C=N–C) groups is 1. The summed E-state index contributed by atoms with van der Waals surface area (Å²) in [6.07, 6.45) is -0.686. The number of guanidine groups is 1. The molecule has 2 atom stereocenters. The van der Waals surface area contributed by atoms with Gasteiger partial charge in [-0.15, -0.1) is 0 Å². The molecule has 7 N–H and O–H groups in total. The van der Waals surface area contributed by atoms with Gasteiger partial charge in [0.25, 0.3) is 5.91 Å². The summed E-state index contributed by atoms with van der Waals surface area (Å²) in [5, 5.41) is 42.3. The SMILES string of the molecule is CCOC(=O)CCNC(=O)[C@@H](NC(=O)c1cc(O)cc(NC2=NC[C@@H](O)CN2)c1)c1cc(Br)cc(C(C)(C)C)c1O. The molecule has 1 aliphatic heterocycles. The fourth-order valence-corrected chi connectivity index (χ4v) is 4.58. The Hall–Kier alpha value is -3.84. The molecule has 13 heteroatoms. The molecule has 41 heavy (non-hydrogen) atoms. The van der Waals surface area contributed by atoms with E-state index in [0.29, 0.717) is 21.7 Å². The summed E-state index contributed by atoms with van der Waals surface area (Å²) in [5.74, 6) is -1.87. The number of ether oxygens (including phenoxy) is 1. The highest BCUT2D eigenvalue weighted by Crippen LogP contribution is 2.38. The molecule has 2 aromatic carbocycles. The molecule has 0 fully saturated rings. The summed E-state index contributed by atoms with van der Waals surface area (Å²) in [7, 11) is 0. The molecule has 0 aromatic heterocycles. The van der Waals surface area contributed by atoms with E-state index < -0.39 is 35.3 Å². The van der Waals surface area contributed by atoms with Crippen LogP contribution >= 0.6 is 15.9 Å². The maximum Gasteiger partial charge on any atom is 0.307 e. The number of aliphatic hydroxyl groups is 1. The number of aliphatic hydroxyl groups excluding tert-OH is 1. The number of benzene rings is 2. The number of hydrogen-bond donors (Lipinski definition) is 7. The second-order valence-electron chi connectivity index (χ2n) is 10.5. The maximum absolute atomic E-state index is 13.4. The number of hydrogen-bond acceptors (Lipinski definition) is 10. The lowest BCUT2D eigenvalue weighted by atomic mass is 9.84. The molecule has 0 saturated carbocycles. The van der Waals surface area contributed by atoms with Crippen molar-refractivity contribution < 1.29 is 34.4 Å². The largest absolute Gasteiger partial charge is 0.508 e. The smallest absolute Gasteiger partial charge is 0.307 e. The number of anilines is 1. The van der Waals surface area contributed by atoms with E-state index in [1.807, 2.05) is 20.8 Å². The number of halogens is 1. The van der Waals surface area contributed by atoms with Crippen LogP contribution in [0.2, 0.25) is 0 Å². The van der Waals surface area contributed by atoms with Crippen LogP contribution < -0.4 is 21.3 Å². The molecule has 3 rings (SSSR count). The Morgan fingerprint density at radius 1 is 1.17 bits per heavy atom. The second-order valence-corrected chi connectivity index (χ2v) is 11.4. The molecule has 2 aromatic rings. The van der Waals surface area contributed by atoms with Gasteiger partial charge < -0.3 is 41.3 Å². The normalized spacial score (nSPS) is 15.7. The third-order valence-electron chi connectivity index (χ3n) is 6.10. The van der Waals surface area contributed by atoms with Crippen molar-refractivity contribution in [1.82, 2.24) is 16.0 Å². The number of amides is 2. The number of phenols is 2. The van der Waals surface area contributed by atoms with Crippen LogP contribution in [0, 0.1) is 0 Å². The van der Waals surface area contributed by atoms with E-state index in [1.54, 1.807) is 13.0 Å². The molecule has 0 unspecified atom stereocenters. The average molecular weight is 635 g/mol. The molecule has 0 radical (unpaired) electrons. The van der Waals surface area contributed by atoms with Gasteiger partial charge in [-0.1, -0.05) is 36.7 Å². The van der Waals surface area contributed by atoms with Crippen molar-refractivity contribution in [2.45, 2.75) is 51.7 Å². The first-order valence-electron chi connectivity index (χ1n) is 13.1. The number of nitrogens with one attached hydrogen (secondary N) is 4. The van der Waals surface area contributed by atoms with Gasteiger partial charge in [0.15, 0.2) is 5.96 Å². The van der Waals surface area contributed by atoms with E-state index in [2.05, 4.69) is 42.2 Å². The van der Waals surface area contributed by atoms with Gasteiger partial charge in [-0.2, -0.15) is 0 Å². The molecule has 0 spiro atoms. The van der Waals surface area contributed by atoms with Gasteiger partial charge >= 0.3 is 5.97 Å². The fourth-order valence-electron chi connectivity index (χ4n) is 4.10. The van der Waals surface area contributed by atoms with E-state index in [9.17, 15) is 29.7 Å². The predicted molar refractivity (Wildman–Crippen MR) is 157 cm³/mol. The van der Waals surface area contributed by atoms with Crippen LogP contribution in [-0.4, -0.2) is 71.4 Å². The van der Waals surface area contributed by atoms with Gasteiger partial charge in [0.2, 0.25) is 5.91 Å². The highest BCUT2D eigenvalue weighted by Gasteiger charge is 2.30. The highest BCUT2D eigenvalue weighted by molar-refractivity contribution is 9.10. The summed E-state index contributed by atoms with van der Waals surface area (Å²) in [4.78, 5) is 42.8. The summed E-state index contributed by atoms with van der Waals surface area (Å²) in [6, 6.07) is 6.01. The Labute approximate surface area is 246 Å². The zero-order chi connectivity index (χ0) is 30.3. The Bertz CT molecular complexity index is 1330. The zero-order valence-electron chi connectivity index (χ0n) is 23.4. The molecular formula is C28H36BrN5O7. The van der Waals surface area contributed by atoms with E-state index in [4.69, 9.17) is 4.74 Å². The Kier molecular flexibility index (Phi) is 10.6. The van der Waals surface area contributed by atoms with Crippen LogP contribution in [0.5, 0.6) is 11.5 Å². The van der Waals surface area contributed by atoms with Crippen LogP contribution in [0.25, 0.3) is 0 Å². The number of phenolic OH excluding ortho intramolecular Hbond substituents is 2. The molecule has 0 aliphatic carbocycles. The second kappa shape index (κ2) is 13.7. The van der Waals surface area contributed by atoms with E-state index in [0.717, 1.165) is 0 Å². The van der Waals surface area contributed by atoms with Gasteiger partial charge in [0, 0.05) is 46.0 Å². The summed E-state index contributed by atoms with van der Waals surface area (Å²) >= 11 is 3.44. The van der Waals surface area contributed by atoms with Gasteiger partial charge in [-0.25, -0.2) is 0 Å². The van der Waals surface area contributed by atoms with E-state index in [1.165, 1.54) is 24.3 Å². The first-order valence-corrected chi connectivity index (χ1v) is 13.9. The third kappa shape index (κ3) is 8.82. The Balaban J connectivity index is 1.92. The van der Waals surface area contributed by atoms with Crippen molar-refractivity contribution in [3.63, 3.8) is 0 Å². The number of esters is 1. The molecule has 0 saturated heterocycles. The number of nitrogens with zero attached hydrogens (tertiary/aromatic N) is 1. The van der Waals surface area contributed by atoms with Crippen LogP contribution in [0.4, 0.5) is 5.69 Å². The van der Waals surface area contributed by atoms with Crippen molar-refractivity contribution in [2.75, 3.05) is 31.6 Å². The molecular weight excluding hydrogens is 598 g/mol. The minimum absolute atomic E-state index is 0.0267. The topological polar surface area (TPSA) is 182 Å². The van der Waals surface area contributed by atoms with Gasteiger partial charge in [-0.3, -0.25) is 19.4 Å². The van der Waals surface area contributed by atoms with Crippen molar-refractivity contribution in [1.29, 1.82) is 0 Å². The van der Waals surface area contributed by atoms with E-state index in [-0.39, 0.29) is 55.3 Å². The minimum atomic E-state index is -1.35. The molecule has 1 heterocycles. The number of rotatable bonds is 9. The summed E-state index contributed by atoms with van der Waals surface area (Å²) < 4.78 is 5.49. The molecule has 0 bridgehead atoms. The lowest BCUT2D eigenvalue weighted by molar-refractivity contribution is -0.143. The monoisotopic (exact) mass is 633 g/mol. The van der Waals surface area contributed by atoms with Gasteiger partial charge in [0.05, 0.1) is 25.7 Å². The summed E-state index contributed by atoms with van der Waals surface area (Å²) in [5.41, 5.74) is 0.571. The number of β-amino-alcohol motifs (C(OH)–C–C–N with tert-alkyl or cyclic N) is 1. The lowest BCUT2D eigenvalue weighted by Gasteiger charge is -2.26. The third-order valence-corrected chi connectivity index (χ3v) is 6.56. The quantitative estimate of drug-likeness (QED) is 0.204. The highest BCUT2D eigenvalue weighted by atomic mass is 79.9. The van der Waals surface area contributed by atoms with Gasteiger partial charge in [0.1, 0.15) is 17.5 Å². The Morgan fingerprint density at radius 3 is 2.54 bits per heavy atom.